The van der Waals surface area contributed by atoms with Crippen LogP contribution in [0, 0.1) is 0 Å². The molecule has 1 rings (SSSR count). The number of phenolic OH excluding ortho intramolecular Hbond substituents is 1. The van der Waals surface area contributed by atoms with Crippen molar-refractivity contribution in [3.8, 4) is 5.75 Å². The van der Waals surface area contributed by atoms with E-state index in [0.717, 1.165) is 12.8 Å². The molecule has 0 unspecified atom stereocenters. The van der Waals surface area contributed by atoms with Gasteiger partial charge in [-0.05, 0) is 31.0 Å². The van der Waals surface area contributed by atoms with Crippen molar-refractivity contribution in [3.05, 3.63) is 28.8 Å². The first-order chi connectivity index (χ1) is 7.58. The summed E-state index contributed by atoms with van der Waals surface area (Å²) in [6.45, 7) is 4.02. The zero-order valence-electron chi connectivity index (χ0n) is 9.46. The van der Waals surface area contributed by atoms with Crippen LogP contribution >= 0.6 is 11.6 Å². The van der Waals surface area contributed by atoms with Gasteiger partial charge >= 0.3 is 0 Å². The number of phenols is 1. The minimum Gasteiger partial charge on any atom is -0.507 e. The Bertz CT molecular complexity index is 375. The summed E-state index contributed by atoms with van der Waals surface area (Å²) in [5.41, 5.74) is 0.260. The van der Waals surface area contributed by atoms with Gasteiger partial charge in [-0.15, -0.1) is 0 Å². The molecule has 0 atom stereocenters. The lowest BCUT2D eigenvalue weighted by atomic mass is 10.1. The van der Waals surface area contributed by atoms with Crippen LogP contribution < -0.4 is 5.32 Å². The van der Waals surface area contributed by atoms with E-state index in [9.17, 15) is 9.90 Å². The molecule has 16 heavy (non-hydrogen) atoms. The van der Waals surface area contributed by atoms with E-state index in [1.54, 1.807) is 6.07 Å². The van der Waals surface area contributed by atoms with Crippen molar-refractivity contribution in [1.29, 1.82) is 0 Å². The van der Waals surface area contributed by atoms with Crippen LogP contribution in [0.15, 0.2) is 18.2 Å². The van der Waals surface area contributed by atoms with Crippen LogP contribution in [0.4, 0.5) is 0 Å². The van der Waals surface area contributed by atoms with E-state index in [1.165, 1.54) is 12.1 Å². The number of rotatable bonds is 4. The van der Waals surface area contributed by atoms with Crippen LogP contribution in [0.5, 0.6) is 5.75 Å². The number of nitrogens with one attached hydrogen (secondary N) is 1. The first-order valence-electron chi connectivity index (χ1n) is 5.37. The van der Waals surface area contributed by atoms with Gasteiger partial charge in [0, 0.05) is 11.1 Å². The summed E-state index contributed by atoms with van der Waals surface area (Å²) < 4.78 is 0. The molecule has 2 N–H and O–H groups in total. The average molecular weight is 242 g/mol. The van der Waals surface area contributed by atoms with Crippen molar-refractivity contribution < 1.29 is 9.90 Å². The standard InChI is InChI=1S/C12H16ClNO2/c1-3-9(4-2)14-12(16)10-6-5-8(13)7-11(10)15/h5-7,9,15H,3-4H2,1-2H3,(H,14,16). The van der Waals surface area contributed by atoms with Gasteiger partial charge in [0.2, 0.25) is 0 Å². The lowest BCUT2D eigenvalue weighted by molar-refractivity contribution is 0.0932. The second kappa shape index (κ2) is 5.75. The molecule has 1 aromatic rings. The number of carbonyl (C=O) groups is 1. The van der Waals surface area contributed by atoms with Gasteiger partial charge < -0.3 is 10.4 Å². The third kappa shape index (κ3) is 3.14. The minimum absolute atomic E-state index is 0.0871. The first kappa shape index (κ1) is 12.8. The van der Waals surface area contributed by atoms with Gasteiger partial charge in [-0.3, -0.25) is 4.79 Å². The van der Waals surface area contributed by atoms with Gasteiger partial charge in [0.15, 0.2) is 0 Å². The van der Waals surface area contributed by atoms with Crippen LogP contribution in [-0.2, 0) is 0 Å². The molecular formula is C12H16ClNO2. The number of halogens is 1. The summed E-state index contributed by atoms with van der Waals surface area (Å²) in [6, 6.07) is 4.62. The Kier molecular flexibility index (Phi) is 4.62. The van der Waals surface area contributed by atoms with E-state index in [1.807, 2.05) is 13.8 Å². The molecular weight excluding hydrogens is 226 g/mol. The lowest BCUT2D eigenvalue weighted by Crippen LogP contribution is -2.33. The van der Waals surface area contributed by atoms with Crippen LogP contribution in [0.25, 0.3) is 0 Å². The Morgan fingerprint density at radius 2 is 2.06 bits per heavy atom. The Balaban J connectivity index is 2.80. The van der Waals surface area contributed by atoms with Crippen molar-refractivity contribution in [2.24, 2.45) is 0 Å². The largest absolute Gasteiger partial charge is 0.507 e. The molecule has 0 saturated carbocycles. The average Bonchev–Trinajstić information content (AvgIpc) is 2.25. The molecule has 4 heteroatoms. The first-order valence-corrected chi connectivity index (χ1v) is 5.75. The van der Waals surface area contributed by atoms with Crippen LogP contribution in [0.1, 0.15) is 37.0 Å². The van der Waals surface area contributed by atoms with Crippen molar-refractivity contribution in [3.63, 3.8) is 0 Å². The van der Waals surface area contributed by atoms with Gasteiger partial charge in [-0.1, -0.05) is 25.4 Å². The molecule has 0 aromatic heterocycles. The maximum absolute atomic E-state index is 11.8. The van der Waals surface area contributed by atoms with Crippen molar-refractivity contribution in [2.45, 2.75) is 32.7 Å². The van der Waals surface area contributed by atoms with Gasteiger partial charge in [0.25, 0.3) is 5.91 Å². The fourth-order valence-corrected chi connectivity index (χ4v) is 1.62. The highest BCUT2D eigenvalue weighted by Crippen LogP contribution is 2.21. The van der Waals surface area contributed by atoms with Crippen LogP contribution in [-0.4, -0.2) is 17.1 Å². The highest BCUT2D eigenvalue weighted by Gasteiger charge is 2.14. The molecule has 88 valence electrons. The molecule has 0 aliphatic heterocycles. The molecule has 1 amide bonds. The molecule has 0 spiro atoms. The summed E-state index contributed by atoms with van der Waals surface area (Å²) in [5, 5.41) is 12.8. The number of benzene rings is 1. The Morgan fingerprint density at radius 3 is 2.56 bits per heavy atom. The lowest BCUT2D eigenvalue weighted by Gasteiger charge is -2.15. The summed E-state index contributed by atoms with van der Waals surface area (Å²) in [5.74, 6) is -0.348. The molecule has 1 aromatic carbocycles. The molecule has 0 heterocycles. The molecule has 0 radical (unpaired) electrons. The van der Waals surface area contributed by atoms with E-state index >= 15 is 0 Å². The van der Waals surface area contributed by atoms with E-state index in [2.05, 4.69) is 5.32 Å². The van der Waals surface area contributed by atoms with E-state index < -0.39 is 0 Å². The van der Waals surface area contributed by atoms with Gasteiger partial charge in [-0.2, -0.15) is 0 Å². The fraction of sp³-hybridized carbons (Fsp3) is 0.417. The number of aromatic hydroxyl groups is 1. The van der Waals surface area contributed by atoms with Crippen molar-refractivity contribution in [1.82, 2.24) is 5.32 Å². The molecule has 0 fully saturated rings. The smallest absolute Gasteiger partial charge is 0.255 e. The second-order valence-corrected chi connectivity index (χ2v) is 4.08. The summed E-state index contributed by atoms with van der Waals surface area (Å²) >= 11 is 5.69. The zero-order chi connectivity index (χ0) is 12.1. The predicted molar refractivity (Wildman–Crippen MR) is 65.0 cm³/mol. The number of carbonyl (C=O) groups excluding carboxylic acids is 1. The van der Waals surface area contributed by atoms with E-state index in [0.29, 0.717) is 5.02 Å². The minimum atomic E-state index is -0.261. The van der Waals surface area contributed by atoms with Crippen molar-refractivity contribution >= 4 is 17.5 Å². The summed E-state index contributed by atoms with van der Waals surface area (Å²) in [7, 11) is 0. The summed E-state index contributed by atoms with van der Waals surface area (Å²) in [4.78, 5) is 11.8. The highest BCUT2D eigenvalue weighted by molar-refractivity contribution is 6.30. The Hall–Kier alpha value is -1.22. The van der Waals surface area contributed by atoms with E-state index in [4.69, 9.17) is 11.6 Å². The molecule has 0 saturated heterocycles. The number of amides is 1. The molecule has 3 nitrogen and oxygen atoms in total. The topological polar surface area (TPSA) is 49.3 Å². The van der Waals surface area contributed by atoms with E-state index in [-0.39, 0.29) is 23.3 Å². The molecule has 0 aliphatic rings. The Labute approximate surface area is 100 Å². The number of hydrogen-bond donors (Lipinski definition) is 2. The Morgan fingerprint density at radius 1 is 1.44 bits per heavy atom. The highest BCUT2D eigenvalue weighted by atomic mass is 35.5. The number of hydrogen-bond acceptors (Lipinski definition) is 2. The predicted octanol–water partition coefficient (Wildman–Crippen LogP) is 2.96. The zero-order valence-corrected chi connectivity index (χ0v) is 10.2. The van der Waals surface area contributed by atoms with Gasteiger partial charge in [0.05, 0.1) is 5.56 Å². The van der Waals surface area contributed by atoms with Crippen molar-refractivity contribution in [2.75, 3.05) is 0 Å². The maximum atomic E-state index is 11.8. The molecule has 0 aliphatic carbocycles. The monoisotopic (exact) mass is 241 g/mol. The quantitative estimate of drug-likeness (QED) is 0.852. The fourth-order valence-electron chi connectivity index (χ4n) is 1.45. The maximum Gasteiger partial charge on any atom is 0.255 e. The van der Waals surface area contributed by atoms with Crippen LogP contribution in [0.3, 0.4) is 0 Å². The third-order valence-corrected chi connectivity index (χ3v) is 2.76. The van der Waals surface area contributed by atoms with Crippen LogP contribution in [0.2, 0.25) is 5.02 Å². The summed E-state index contributed by atoms with van der Waals surface area (Å²) in [6.07, 6.45) is 1.74. The normalized spacial score (nSPS) is 10.5. The SMILES string of the molecule is CCC(CC)NC(=O)c1ccc(Cl)cc1O. The van der Waals surface area contributed by atoms with Gasteiger partial charge in [0.1, 0.15) is 5.75 Å². The molecule has 0 bridgehead atoms. The third-order valence-electron chi connectivity index (χ3n) is 2.53. The second-order valence-electron chi connectivity index (χ2n) is 3.65. The van der Waals surface area contributed by atoms with Gasteiger partial charge in [-0.25, -0.2) is 0 Å².